The van der Waals surface area contributed by atoms with Crippen LogP contribution >= 0.6 is 0 Å². The van der Waals surface area contributed by atoms with Crippen molar-refractivity contribution in [2.75, 3.05) is 11.4 Å². The van der Waals surface area contributed by atoms with Gasteiger partial charge in [-0.15, -0.1) is 0 Å². The number of hydrogen-bond donors (Lipinski definition) is 0. The number of anilines is 2. The van der Waals surface area contributed by atoms with E-state index in [0.29, 0.717) is 11.3 Å². The van der Waals surface area contributed by atoms with Gasteiger partial charge in [0.2, 0.25) is 0 Å². The van der Waals surface area contributed by atoms with Crippen LogP contribution in [0.25, 0.3) is 10.9 Å². The second-order valence-corrected chi connectivity index (χ2v) is 8.44. The minimum absolute atomic E-state index is 0.0610. The molecule has 2 aromatic rings. The van der Waals surface area contributed by atoms with Crippen LogP contribution in [0.5, 0.6) is 0 Å². The number of nitriles is 1. The molecule has 160 valence electrons. The van der Waals surface area contributed by atoms with Crippen LogP contribution in [0, 0.1) is 23.3 Å². The van der Waals surface area contributed by atoms with Crippen molar-refractivity contribution in [1.29, 1.82) is 5.26 Å². The molecule has 0 radical (unpaired) electrons. The Morgan fingerprint density at radius 3 is 2.25 bits per heavy atom. The van der Waals surface area contributed by atoms with Gasteiger partial charge in [0, 0.05) is 23.3 Å². The molecule has 2 aromatic carbocycles. The molecule has 1 aliphatic rings. The first-order chi connectivity index (χ1) is 15.4. The highest BCUT2D eigenvalue weighted by atomic mass is 16.5. The number of hydrogen-bond acceptors (Lipinski definition) is 3. The molecule has 4 nitrogen and oxygen atoms in total. The molecule has 0 atom stereocenters. The van der Waals surface area contributed by atoms with Crippen molar-refractivity contribution in [3.63, 3.8) is 0 Å². The predicted molar refractivity (Wildman–Crippen MR) is 131 cm³/mol. The molecule has 0 aliphatic carbocycles. The van der Waals surface area contributed by atoms with Crippen LogP contribution in [0.1, 0.15) is 33.3 Å². The molecular formula is C28H27N3O. The Balaban J connectivity index is 1.85. The van der Waals surface area contributed by atoms with Crippen LogP contribution < -0.4 is 4.90 Å². The summed E-state index contributed by atoms with van der Waals surface area (Å²) in [6.45, 7) is 16.4. The smallest absolute Gasteiger partial charge is 0.269 e. The number of rotatable bonds is 5. The Kier molecular flexibility index (Phi) is 6.98. The fourth-order valence-corrected chi connectivity index (χ4v) is 3.33. The van der Waals surface area contributed by atoms with E-state index in [9.17, 15) is 5.26 Å². The molecule has 0 saturated heterocycles. The third-order valence-electron chi connectivity index (χ3n) is 5.07. The summed E-state index contributed by atoms with van der Waals surface area (Å²) < 4.78 is 6.06. The van der Waals surface area contributed by atoms with Crippen LogP contribution in [0.4, 0.5) is 11.4 Å². The summed E-state index contributed by atoms with van der Waals surface area (Å²) >= 11 is 0. The minimum Gasteiger partial charge on any atom is -0.461 e. The average molecular weight is 422 g/mol. The van der Waals surface area contributed by atoms with E-state index in [1.165, 1.54) is 0 Å². The normalized spacial score (nSPS) is 15.2. The summed E-state index contributed by atoms with van der Waals surface area (Å²) in [6, 6.07) is 20.6. The van der Waals surface area contributed by atoms with Crippen molar-refractivity contribution >= 4 is 17.5 Å². The summed E-state index contributed by atoms with van der Waals surface area (Å²) in [5, 5.41) is 9.29. The maximum Gasteiger partial charge on any atom is 0.269 e. The Morgan fingerprint density at radius 1 is 1.03 bits per heavy atom. The van der Waals surface area contributed by atoms with Crippen LogP contribution in [-0.4, -0.2) is 6.54 Å². The van der Waals surface area contributed by atoms with Crippen molar-refractivity contribution in [3.8, 4) is 6.07 Å². The third-order valence-corrected chi connectivity index (χ3v) is 5.07. The summed E-state index contributed by atoms with van der Waals surface area (Å²) in [6.07, 6.45) is 7.37. The molecule has 1 aliphatic heterocycles. The molecule has 3 rings (SSSR count). The first kappa shape index (κ1) is 22.7. The highest BCUT2D eigenvalue weighted by Crippen LogP contribution is 2.34. The van der Waals surface area contributed by atoms with Gasteiger partial charge in [0.25, 0.3) is 5.70 Å². The maximum atomic E-state index is 9.29. The molecular weight excluding hydrogens is 394 g/mol. The average Bonchev–Trinajstić information content (AvgIpc) is 2.80. The number of para-hydroxylation sites is 1. The van der Waals surface area contributed by atoms with E-state index < -0.39 is 0 Å². The van der Waals surface area contributed by atoms with E-state index in [0.717, 1.165) is 29.2 Å². The van der Waals surface area contributed by atoms with E-state index >= 15 is 0 Å². The van der Waals surface area contributed by atoms with Gasteiger partial charge in [-0.25, -0.2) is 10.1 Å². The van der Waals surface area contributed by atoms with Crippen LogP contribution in [0.2, 0.25) is 0 Å². The molecule has 4 heteroatoms. The second kappa shape index (κ2) is 9.86. The molecule has 0 aromatic heterocycles. The number of ether oxygens (including phenoxy) is 1. The van der Waals surface area contributed by atoms with Crippen molar-refractivity contribution in [2.24, 2.45) is 5.41 Å². The zero-order valence-electron chi connectivity index (χ0n) is 19.0. The predicted octanol–water partition coefficient (Wildman–Crippen LogP) is 7.40. The fourth-order valence-electron chi connectivity index (χ4n) is 3.33. The van der Waals surface area contributed by atoms with E-state index in [1.54, 1.807) is 12.2 Å². The second-order valence-electron chi connectivity index (χ2n) is 8.44. The zero-order valence-corrected chi connectivity index (χ0v) is 19.0. The molecule has 0 amide bonds. The SMILES string of the molecule is [C-]#[N+]/C(C#N)=C1C=C(/C=C/c2ccc(N(CC)c3ccccc3)cc2)OC(C(C)(C)C)=C\1. The quantitative estimate of drug-likeness (QED) is 0.373. The zero-order chi connectivity index (χ0) is 23.1. The highest BCUT2D eigenvalue weighted by molar-refractivity contribution is 5.65. The molecule has 1 heterocycles. The van der Waals surface area contributed by atoms with Gasteiger partial charge >= 0.3 is 0 Å². The maximum absolute atomic E-state index is 9.29. The summed E-state index contributed by atoms with van der Waals surface area (Å²) in [7, 11) is 0. The molecule has 0 spiro atoms. The lowest BCUT2D eigenvalue weighted by atomic mass is 9.91. The topological polar surface area (TPSA) is 40.6 Å². The van der Waals surface area contributed by atoms with Crippen molar-refractivity contribution < 1.29 is 4.74 Å². The Morgan fingerprint density at radius 2 is 1.69 bits per heavy atom. The Hall–Kier alpha value is -4.02. The number of allylic oxidation sites excluding steroid dienone is 6. The lowest BCUT2D eigenvalue weighted by Gasteiger charge is -2.26. The van der Waals surface area contributed by atoms with Gasteiger partial charge in [0.15, 0.2) is 0 Å². The van der Waals surface area contributed by atoms with Gasteiger partial charge in [0.1, 0.15) is 11.5 Å². The molecule has 0 N–H and O–H groups in total. The minimum atomic E-state index is -0.246. The molecule has 0 unspecified atom stereocenters. The fraction of sp³-hybridized carbons (Fsp3) is 0.214. The molecule has 0 saturated carbocycles. The van der Waals surface area contributed by atoms with E-state index in [1.807, 2.05) is 57.2 Å². The van der Waals surface area contributed by atoms with E-state index in [4.69, 9.17) is 11.3 Å². The number of nitrogens with zero attached hydrogens (tertiary/aromatic N) is 3. The number of benzene rings is 2. The molecule has 0 fully saturated rings. The standard InChI is InChI=1S/C28H27N3O/c1-6-31(23-10-8-7-9-11-23)24-15-12-21(13-16-24)14-17-25-18-22(26(20-29)30-5)19-27(32-25)28(2,3)4/h7-19H,6H2,1-4H3/b17-14+,26-22+. The van der Waals surface area contributed by atoms with Crippen LogP contribution in [0.15, 0.2) is 95.6 Å². The highest BCUT2D eigenvalue weighted by Gasteiger charge is 2.23. The first-order valence-corrected chi connectivity index (χ1v) is 10.6. The lowest BCUT2D eigenvalue weighted by Crippen LogP contribution is -2.15. The molecule has 32 heavy (non-hydrogen) atoms. The molecule has 0 bridgehead atoms. The van der Waals surface area contributed by atoms with Gasteiger partial charge in [-0.1, -0.05) is 57.2 Å². The van der Waals surface area contributed by atoms with Gasteiger partial charge in [0.05, 0.1) is 12.6 Å². The first-order valence-electron chi connectivity index (χ1n) is 10.6. The van der Waals surface area contributed by atoms with Crippen LogP contribution in [0.3, 0.4) is 0 Å². The van der Waals surface area contributed by atoms with Crippen molar-refractivity contribution in [2.45, 2.75) is 27.7 Å². The van der Waals surface area contributed by atoms with Gasteiger partial charge in [-0.2, -0.15) is 0 Å². The Bertz CT molecular complexity index is 1150. The largest absolute Gasteiger partial charge is 0.461 e. The van der Waals surface area contributed by atoms with Gasteiger partial charge in [-0.05, 0) is 60.6 Å². The van der Waals surface area contributed by atoms with E-state index in [-0.39, 0.29) is 11.1 Å². The summed E-state index contributed by atoms with van der Waals surface area (Å²) in [5.41, 5.74) is 3.71. The van der Waals surface area contributed by atoms with Crippen molar-refractivity contribution in [3.05, 3.63) is 113 Å². The lowest BCUT2D eigenvalue weighted by molar-refractivity contribution is 0.223. The van der Waals surface area contributed by atoms with Gasteiger partial charge < -0.3 is 9.64 Å². The summed E-state index contributed by atoms with van der Waals surface area (Å²) in [4.78, 5) is 5.61. The van der Waals surface area contributed by atoms with Gasteiger partial charge in [-0.3, -0.25) is 0 Å². The Labute approximate surface area is 190 Å². The third kappa shape index (κ3) is 5.36. The van der Waals surface area contributed by atoms with E-state index in [2.05, 4.69) is 53.1 Å². The monoisotopic (exact) mass is 421 g/mol. The van der Waals surface area contributed by atoms with Crippen LogP contribution in [-0.2, 0) is 4.74 Å². The summed E-state index contributed by atoms with van der Waals surface area (Å²) in [5.74, 6) is 1.33. The van der Waals surface area contributed by atoms with Crippen molar-refractivity contribution in [1.82, 2.24) is 0 Å².